The average molecular weight is 202 g/mol. The highest BCUT2D eigenvalue weighted by atomic mass is 19.2. The van der Waals surface area contributed by atoms with Crippen LogP contribution in [0.15, 0.2) is 13.2 Å². The lowest BCUT2D eigenvalue weighted by Gasteiger charge is -2.06. The summed E-state index contributed by atoms with van der Waals surface area (Å²) in [4.78, 5) is 0. The second-order valence-corrected chi connectivity index (χ2v) is 2.49. The van der Waals surface area contributed by atoms with Gasteiger partial charge in [-0.2, -0.15) is 0 Å². The van der Waals surface area contributed by atoms with Gasteiger partial charge in [-0.25, -0.2) is 17.6 Å². The Hall–Kier alpha value is -1.58. The zero-order valence-corrected chi connectivity index (χ0v) is 7.08. The third-order valence-electron chi connectivity index (χ3n) is 1.75. The van der Waals surface area contributed by atoms with E-state index in [0.29, 0.717) is 0 Å². The van der Waals surface area contributed by atoms with E-state index in [2.05, 4.69) is 13.2 Å². The summed E-state index contributed by atoms with van der Waals surface area (Å²) in [6.07, 6.45) is 1.80. The van der Waals surface area contributed by atoms with E-state index in [1.165, 1.54) is 0 Å². The molecule has 0 radical (unpaired) electrons. The van der Waals surface area contributed by atoms with E-state index in [9.17, 15) is 17.6 Å². The Labute approximate surface area is 78.2 Å². The van der Waals surface area contributed by atoms with Gasteiger partial charge in [0.1, 0.15) is 0 Å². The number of halogens is 4. The summed E-state index contributed by atoms with van der Waals surface area (Å²) in [5.41, 5.74) is -0.868. The van der Waals surface area contributed by atoms with Gasteiger partial charge in [-0.15, -0.1) is 0 Å². The van der Waals surface area contributed by atoms with Crippen molar-refractivity contribution in [3.8, 4) is 0 Å². The van der Waals surface area contributed by atoms with Crippen molar-refractivity contribution in [1.82, 2.24) is 0 Å². The van der Waals surface area contributed by atoms with Crippen LogP contribution in [0.2, 0.25) is 0 Å². The molecule has 0 fully saturated rings. The van der Waals surface area contributed by atoms with Crippen molar-refractivity contribution in [2.24, 2.45) is 0 Å². The van der Waals surface area contributed by atoms with Crippen LogP contribution in [0.25, 0.3) is 12.2 Å². The summed E-state index contributed by atoms with van der Waals surface area (Å²) in [5.74, 6) is -6.62. The largest absolute Gasteiger partial charge is 0.203 e. The molecule has 1 aromatic carbocycles. The first-order valence-electron chi connectivity index (χ1n) is 3.65. The third kappa shape index (κ3) is 1.32. The summed E-state index contributed by atoms with van der Waals surface area (Å²) >= 11 is 0. The maximum absolute atomic E-state index is 13.0. The first-order chi connectivity index (χ1) is 6.54. The van der Waals surface area contributed by atoms with E-state index >= 15 is 0 Å². The fourth-order valence-electron chi connectivity index (χ4n) is 1.06. The molecule has 0 saturated carbocycles. The molecule has 1 aromatic rings. The van der Waals surface area contributed by atoms with Gasteiger partial charge in [0.2, 0.25) is 0 Å². The standard InChI is InChI=1S/C10H6F4/c1-3-5-6(4-2)8(12)10(14)9(13)7(5)11/h3-4H,1-2H2. The van der Waals surface area contributed by atoms with Crippen LogP contribution >= 0.6 is 0 Å². The van der Waals surface area contributed by atoms with Gasteiger partial charge in [-0.05, 0) is 0 Å². The lowest BCUT2D eigenvalue weighted by Crippen LogP contribution is -2.02. The van der Waals surface area contributed by atoms with Crippen molar-refractivity contribution in [3.05, 3.63) is 47.6 Å². The second-order valence-electron chi connectivity index (χ2n) is 2.49. The van der Waals surface area contributed by atoms with Gasteiger partial charge in [-0.1, -0.05) is 25.3 Å². The van der Waals surface area contributed by atoms with Crippen LogP contribution in [0, 0.1) is 23.3 Å². The second kappa shape index (κ2) is 3.65. The van der Waals surface area contributed by atoms with Crippen LogP contribution in [0.5, 0.6) is 0 Å². The van der Waals surface area contributed by atoms with Gasteiger partial charge in [0, 0.05) is 11.1 Å². The predicted molar refractivity (Wildman–Crippen MR) is 46.5 cm³/mol. The lowest BCUT2D eigenvalue weighted by atomic mass is 10.1. The Morgan fingerprint density at radius 1 is 0.643 bits per heavy atom. The van der Waals surface area contributed by atoms with Crippen molar-refractivity contribution in [1.29, 1.82) is 0 Å². The molecule has 0 heterocycles. The molecule has 74 valence electrons. The van der Waals surface area contributed by atoms with Crippen LogP contribution in [-0.4, -0.2) is 0 Å². The molecule has 4 heteroatoms. The Kier molecular flexibility index (Phi) is 2.74. The minimum absolute atomic E-state index is 0.434. The zero-order valence-electron chi connectivity index (χ0n) is 7.08. The summed E-state index contributed by atoms with van der Waals surface area (Å²) < 4.78 is 51.3. The first-order valence-corrected chi connectivity index (χ1v) is 3.65. The Balaban J connectivity index is 3.73. The summed E-state index contributed by atoms with van der Waals surface area (Å²) in [6.45, 7) is 6.34. The number of rotatable bonds is 2. The molecule has 0 amide bonds. The zero-order chi connectivity index (χ0) is 10.9. The molecule has 0 nitrogen and oxygen atoms in total. The molecule has 0 bridgehead atoms. The maximum atomic E-state index is 13.0. The van der Waals surface area contributed by atoms with Gasteiger partial charge in [0.25, 0.3) is 0 Å². The molecule has 0 aromatic heterocycles. The number of hydrogen-bond acceptors (Lipinski definition) is 0. The van der Waals surface area contributed by atoms with Crippen molar-refractivity contribution < 1.29 is 17.6 Å². The van der Waals surface area contributed by atoms with Crippen molar-refractivity contribution in [2.45, 2.75) is 0 Å². The Morgan fingerprint density at radius 2 is 0.929 bits per heavy atom. The molecule has 14 heavy (non-hydrogen) atoms. The van der Waals surface area contributed by atoms with Crippen molar-refractivity contribution >= 4 is 12.2 Å². The summed E-state index contributed by atoms with van der Waals surface area (Å²) in [6, 6.07) is 0. The summed E-state index contributed by atoms with van der Waals surface area (Å²) in [7, 11) is 0. The van der Waals surface area contributed by atoms with Crippen LogP contribution in [0.3, 0.4) is 0 Å². The highest BCUT2D eigenvalue weighted by Gasteiger charge is 2.21. The van der Waals surface area contributed by atoms with Gasteiger partial charge < -0.3 is 0 Å². The molecule has 0 saturated heterocycles. The van der Waals surface area contributed by atoms with Crippen LogP contribution in [0.4, 0.5) is 17.6 Å². The van der Waals surface area contributed by atoms with Gasteiger partial charge in [-0.3, -0.25) is 0 Å². The van der Waals surface area contributed by atoms with E-state index in [1.807, 2.05) is 0 Å². The third-order valence-corrected chi connectivity index (χ3v) is 1.75. The highest BCUT2D eigenvalue weighted by Crippen LogP contribution is 2.25. The Bertz CT molecular complexity index is 368. The molecule has 0 aliphatic carbocycles. The quantitative estimate of drug-likeness (QED) is 0.391. The monoisotopic (exact) mass is 202 g/mol. The fourth-order valence-corrected chi connectivity index (χ4v) is 1.06. The molecular formula is C10H6F4. The first kappa shape index (κ1) is 10.5. The highest BCUT2D eigenvalue weighted by molar-refractivity contribution is 5.64. The van der Waals surface area contributed by atoms with Crippen molar-refractivity contribution in [2.75, 3.05) is 0 Å². The molecule has 0 unspecified atom stereocenters. The van der Waals surface area contributed by atoms with E-state index < -0.39 is 34.4 Å². The smallest absolute Gasteiger partial charge is 0.198 e. The molecule has 0 N–H and O–H groups in total. The number of hydrogen-bond donors (Lipinski definition) is 0. The normalized spacial score (nSPS) is 10.0. The van der Waals surface area contributed by atoms with Gasteiger partial charge in [0.15, 0.2) is 23.3 Å². The molecule has 0 atom stereocenters. The Morgan fingerprint density at radius 3 is 1.14 bits per heavy atom. The number of benzene rings is 1. The van der Waals surface area contributed by atoms with E-state index in [4.69, 9.17) is 0 Å². The van der Waals surface area contributed by atoms with Crippen molar-refractivity contribution in [3.63, 3.8) is 0 Å². The van der Waals surface area contributed by atoms with E-state index in [1.54, 1.807) is 0 Å². The van der Waals surface area contributed by atoms with Crippen LogP contribution in [0.1, 0.15) is 11.1 Å². The average Bonchev–Trinajstić information content (AvgIpc) is 2.20. The molecular weight excluding hydrogens is 196 g/mol. The summed E-state index contributed by atoms with van der Waals surface area (Å²) in [5, 5.41) is 0. The minimum atomic E-state index is -1.84. The van der Waals surface area contributed by atoms with E-state index in [0.717, 1.165) is 12.2 Å². The van der Waals surface area contributed by atoms with Gasteiger partial charge in [0.05, 0.1) is 0 Å². The van der Waals surface area contributed by atoms with Gasteiger partial charge >= 0.3 is 0 Å². The molecule has 0 aliphatic heterocycles. The van der Waals surface area contributed by atoms with Crippen LogP contribution < -0.4 is 0 Å². The maximum Gasteiger partial charge on any atom is 0.198 e. The SMILES string of the molecule is C=Cc1c(F)c(F)c(F)c(F)c1C=C. The molecule has 1 rings (SSSR count). The molecule has 0 aliphatic rings. The predicted octanol–water partition coefficient (Wildman–Crippen LogP) is 3.53. The minimum Gasteiger partial charge on any atom is -0.203 e. The van der Waals surface area contributed by atoms with Crippen LogP contribution in [-0.2, 0) is 0 Å². The van der Waals surface area contributed by atoms with E-state index in [-0.39, 0.29) is 0 Å². The lowest BCUT2D eigenvalue weighted by molar-refractivity contribution is 0.407. The topological polar surface area (TPSA) is 0 Å². The fraction of sp³-hybridized carbons (Fsp3) is 0. The molecule has 0 spiro atoms.